The Morgan fingerprint density at radius 2 is 2.06 bits per heavy atom. The van der Waals surface area contributed by atoms with Crippen molar-refractivity contribution in [3.63, 3.8) is 0 Å². The lowest BCUT2D eigenvalue weighted by atomic mass is 10.00. The van der Waals surface area contributed by atoms with Gasteiger partial charge in [-0.25, -0.2) is 9.97 Å². The SMILES string of the molecule is CC(CNc1cc(-c2ccc(C(=O)NCCC#N)cc2)ncn1)c1ccnc2c1OCC2. The molecule has 3 heterocycles. The summed E-state index contributed by atoms with van der Waals surface area (Å²) in [6, 6.07) is 13.1. The highest BCUT2D eigenvalue weighted by Crippen LogP contribution is 2.33. The maximum absolute atomic E-state index is 12.1. The Bertz CT molecular complexity index is 1140. The van der Waals surface area contributed by atoms with E-state index in [-0.39, 0.29) is 18.2 Å². The number of carbonyl (C=O) groups excluding carboxylic acids is 1. The van der Waals surface area contributed by atoms with E-state index < -0.39 is 0 Å². The Hall–Kier alpha value is -3.99. The van der Waals surface area contributed by atoms with Gasteiger partial charge in [-0.05, 0) is 18.2 Å². The number of pyridine rings is 1. The summed E-state index contributed by atoms with van der Waals surface area (Å²) in [5.74, 6) is 1.67. The quantitative estimate of drug-likeness (QED) is 0.529. The number of nitrogens with zero attached hydrogens (tertiary/aromatic N) is 4. The molecule has 162 valence electrons. The fourth-order valence-electron chi connectivity index (χ4n) is 3.60. The zero-order valence-corrected chi connectivity index (χ0v) is 17.8. The molecule has 1 unspecified atom stereocenters. The smallest absolute Gasteiger partial charge is 0.251 e. The van der Waals surface area contributed by atoms with Crippen molar-refractivity contribution in [1.82, 2.24) is 20.3 Å². The predicted molar refractivity (Wildman–Crippen MR) is 120 cm³/mol. The number of amides is 1. The van der Waals surface area contributed by atoms with Crippen LogP contribution >= 0.6 is 0 Å². The molecule has 8 nitrogen and oxygen atoms in total. The molecular formula is C24H24N6O2. The van der Waals surface area contributed by atoms with E-state index in [0.29, 0.717) is 25.3 Å². The van der Waals surface area contributed by atoms with Crippen molar-refractivity contribution in [2.45, 2.75) is 25.7 Å². The number of nitriles is 1. The average molecular weight is 428 g/mol. The maximum Gasteiger partial charge on any atom is 0.251 e. The third-order valence-electron chi connectivity index (χ3n) is 5.35. The van der Waals surface area contributed by atoms with Gasteiger partial charge >= 0.3 is 0 Å². The number of hydrogen-bond donors (Lipinski definition) is 2. The van der Waals surface area contributed by atoms with Gasteiger partial charge < -0.3 is 15.4 Å². The molecule has 0 radical (unpaired) electrons. The molecule has 1 aliphatic heterocycles. The molecule has 1 aliphatic rings. The fraction of sp³-hybridized carbons (Fsp3) is 0.292. The van der Waals surface area contributed by atoms with Crippen molar-refractivity contribution >= 4 is 11.7 Å². The van der Waals surface area contributed by atoms with Crippen LogP contribution in [0.2, 0.25) is 0 Å². The van der Waals surface area contributed by atoms with Gasteiger partial charge in [0, 0.05) is 54.4 Å². The summed E-state index contributed by atoms with van der Waals surface area (Å²) >= 11 is 0. The van der Waals surface area contributed by atoms with Crippen LogP contribution in [0.3, 0.4) is 0 Å². The Balaban J connectivity index is 1.40. The highest BCUT2D eigenvalue weighted by molar-refractivity contribution is 5.94. The molecule has 1 aromatic carbocycles. The summed E-state index contributed by atoms with van der Waals surface area (Å²) < 4.78 is 5.77. The van der Waals surface area contributed by atoms with Crippen LogP contribution < -0.4 is 15.4 Å². The van der Waals surface area contributed by atoms with Gasteiger partial charge in [0.25, 0.3) is 5.91 Å². The summed E-state index contributed by atoms with van der Waals surface area (Å²) in [6.45, 7) is 3.87. The highest BCUT2D eigenvalue weighted by Gasteiger charge is 2.20. The Morgan fingerprint density at radius 3 is 2.88 bits per heavy atom. The number of nitrogens with one attached hydrogen (secondary N) is 2. The van der Waals surface area contributed by atoms with E-state index in [1.165, 1.54) is 6.33 Å². The van der Waals surface area contributed by atoms with Crippen molar-refractivity contribution in [2.24, 2.45) is 0 Å². The van der Waals surface area contributed by atoms with Gasteiger partial charge in [0.05, 0.1) is 30.5 Å². The van der Waals surface area contributed by atoms with Gasteiger partial charge in [0.1, 0.15) is 17.9 Å². The van der Waals surface area contributed by atoms with Crippen molar-refractivity contribution in [2.75, 3.05) is 25.0 Å². The van der Waals surface area contributed by atoms with Crippen molar-refractivity contribution < 1.29 is 9.53 Å². The molecule has 4 rings (SSSR count). The topological polar surface area (TPSA) is 113 Å². The second-order valence-electron chi connectivity index (χ2n) is 7.59. The van der Waals surface area contributed by atoms with E-state index in [9.17, 15) is 4.79 Å². The van der Waals surface area contributed by atoms with Crippen LogP contribution in [0.15, 0.2) is 48.9 Å². The van der Waals surface area contributed by atoms with Crippen LogP contribution in [0.4, 0.5) is 5.82 Å². The van der Waals surface area contributed by atoms with Gasteiger partial charge in [-0.2, -0.15) is 5.26 Å². The minimum absolute atomic E-state index is 0.197. The Labute approximate surface area is 186 Å². The van der Waals surface area contributed by atoms with E-state index in [2.05, 4.69) is 32.5 Å². The Kier molecular flexibility index (Phi) is 6.56. The Morgan fingerprint density at radius 1 is 1.22 bits per heavy atom. The molecule has 2 N–H and O–H groups in total. The fourth-order valence-corrected chi connectivity index (χ4v) is 3.60. The maximum atomic E-state index is 12.1. The van der Waals surface area contributed by atoms with Crippen LogP contribution in [0.5, 0.6) is 5.75 Å². The van der Waals surface area contributed by atoms with Crippen LogP contribution in [0.25, 0.3) is 11.3 Å². The van der Waals surface area contributed by atoms with Crippen LogP contribution in [-0.4, -0.2) is 40.6 Å². The summed E-state index contributed by atoms with van der Waals surface area (Å²) in [5.41, 5.74) is 4.37. The number of carbonyl (C=O) groups is 1. The van der Waals surface area contributed by atoms with Crippen molar-refractivity contribution in [3.05, 3.63) is 65.7 Å². The molecule has 2 aromatic heterocycles. The summed E-state index contributed by atoms with van der Waals surface area (Å²) in [4.78, 5) is 25.2. The second-order valence-corrected chi connectivity index (χ2v) is 7.59. The predicted octanol–water partition coefficient (Wildman–Crippen LogP) is 3.33. The van der Waals surface area contributed by atoms with Gasteiger partial charge in [-0.3, -0.25) is 9.78 Å². The minimum Gasteiger partial charge on any atom is -0.491 e. The summed E-state index contributed by atoms with van der Waals surface area (Å²) in [6.07, 6.45) is 4.52. The molecule has 0 bridgehead atoms. The van der Waals surface area contributed by atoms with Crippen LogP contribution in [-0.2, 0) is 6.42 Å². The van der Waals surface area contributed by atoms with E-state index in [1.807, 2.05) is 36.5 Å². The number of hydrogen-bond acceptors (Lipinski definition) is 7. The molecule has 0 saturated heterocycles. The molecule has 0 aliphatic carbocycles. The largest absolute Gasteiger partial charge is 0.491 e. The minimum atomic E-state index is -0.197. The number of aromatic nitrogens is 3. The van der Waals surface area contributed by atoms with E-state index in [1.54, 1.807) is 12.1 Å². The molecule has 3 aromatic rings. The molecule has 1 atom stereocenters. The van der Waals surface area contributed by atoms with E-state index in [0.717, 1.165) is 40.5 Å². The normalized spacial score (nSPS) is 12.9. The zero-order valence-electron chi connectivity index (χ0n) is 17.8. The molecule has 1 amide bonds. The standard InChI is InChI=1S/C24H24N6O2/c1-16(19-7-11-26-20-8-12-32-23(19)20)14-28-22-13-21(29-15-30-22)17-3-5-18(6-4-17)24(31)27-10-2-9-25/h3-7,11,13,15-16H,2,8,10,12,14H2,1H3,(H,27,31)(H,28,29,30). The van der Waals surface area contributed by atoms with Gasteiger partial charge in [-0.1, -0.05) is 19.1 Å². The monoisotopic (exact) mass is 428 g/mol. The first kappa shape index (κ1) is 21.2. The van der Waals surface area contributed by atoms with Gasteiger partial charge in [0.15, 0.2) is 0 Å². The molecular weight excluding hydrogens is 404 g/mol. The molecule has 32 heavy (non-hydrogen) atoms. The van der Waals surface area contributed by atoms with Gasteiger partial charge in [0.2, 0.25) is 0 Å². The van der Waals surface area contributed by atoms with Crippen LogP contribution in [0, 0.1) is 11.3 Å². The number of fused-ring (bicyclic) bond motifs is 1. The third kappa shape index (κ3) is 4.83. The van der Waals surface area contributed by atoms with E-state index >= 15 is 0 Å². The lowest BCUT2D eigenvalue weighted by Crippen LogP contribution is -2.24. The zero-order chi connectivity index (χ0) is 22.3. The highest BCUT2D eigenvalue weighted by atomic mass is 16.5. The number of ether oxygens (including phenoxy) is 1. The first-order chi connectivity index (χ1) is 15.7. The number of anilines is 1. The lowest BCUT2D eigenvalue weighted by Gasteiger charge is -2.16. The van der Waals surface area contributed by atoms with Crippen molar-refractivity contribution in [3.8, 4) is 23.1 Å². The third-order valence-corrected chi connectivity index (χ3v) is 5.35. The molecule has 0 fully saturated rings. The second kappa shape index (κ2) is 9.88. The first-order valence-electron chi connectivity index (χ1n) is 10.6. The molecule has 8 heteroatoms. The average Bonchev–Trinajstić information content (AvgIpc) is 3.32. The van der Waals surface area contributed by atoms with E-state index in [4.69, 9.17) is 10.00 Å². The number of rotatable bonds is 8. The lowest BCUT2D eigenvalue weighted by molar-refractivity contribution is 0.0954. The number of benzene rings is 1. The van der Waals surface area contributed by atoms with Crippen molar-refractivity contribution in [1.29, 1.82) is 5.26 Å². The van der Waals surface area contributed by atoms with Gasteiger partial charge in [-0.15, -0.1) is 0 Å². The molecule has 0 spiro atoms. The summed E-state index contributed by atoms with van der Waals surface area (Å²) in [5, 5.41) is 14.7. The van der Waals surface area contributed by atoms with Crippen LogP contribution in [0.1, 0.15) is 40.9 Å². The summed E-state index contributed by atoms with van der Waals surface area (Å²) in [7, 11) is 0. The molecule has 0 saturated carbocycles. The first-order valence-corrected chi connectivity index (χ1v) is 10.6.